The fourth-order valence-electron chi connectivity index (χ4n) is 0. The van der Waals surface area contributed by atoms with Gasteiger partial charge in [0.15, 0.2) is 0 Å². The second kappa shape index (κ2) is 2.62. The first-order valence-corrected chi connectivity index (χ1v) is 2.37. The summed E-state index contributed by atoms with van der Waals surface area (Å²) in [5.41, 5.74) is 0. The third-order valence-corrected chi connectivity index (χ3v) is 0.890. The second-order valence-corrected chi connectivity index (χ2v) is 1.75. The average molecular weight is 92.1 g/mol. The van der Waals surface area contributed by atoms with Crippen LogP contribution in [-0.2, 0) is 0 Å². The largest absolute Gasteiger partial charge is 0.389 e. The van der Waals surface area contributed by atoms with Crippen molar-refractivity contribution in [3.8, 4) is 0 Å². The van der Waals surface area contributed by atoms with Gasteiger partial charge in [0.1, 0.15) is 0 Å². The normalized spacial score (nSPS) is 15.0. The lowest BCUT2D eigenvalue weighted by atomic mass is 10.5. The summed E-state index contributed by atoms with van der Waals surface area (Å²) in [6.07, 6.45) is 0.824. The molecule has 0 aromatic rings. The molecule has 0 bridgehead atoms. The van der Waals surface area contributed by atoms with Crippen LogP contribution in [0, 0.1) is 0 Å². The van der Waals surface area contributed by atoms with Crippen molar-refractivity contribution in [2.24, 2.45) is 0 Å². The molecule has 0 saturated carbocycles. The molecule has 1 nitrogen and oxygen atoms in total. The summed E-state index contributed by atoms with van der Waals surface area (Å²) in [5.74, 6) is -0.199. The van der Waals surface area contributed by atoms with Gasteiger partial charge in [-0.15, -0.1) is 9.24 Å². The molecule has 0 amide bonds. The van der Waals surface area contributed by atoms with Crippen molar-refractivity contribution in [1.29, 1.82) is 0 Å². The second-order valence-electron chi connectivity index (χ2n) is 0.976. The lowest BCUT2D eigenvalue weighted by Crippen LogP contribution is -1.87. The van der Waals surface area contributed by atoms with Crippen LogP contribution >= 0.6 is 9.24 Å². The highest BCUT2D eigenvalue weighted by molar-refractivity contribution is 7.17. The van der Waals surface area contributed by atoms with E-state index in [1.54, 1.807) is 0 Å². The number of rotatable bonds is 1. The molecule has 1 N–H and O–H groups in total. The summed E-state index contributed by atoms with van der Waals surface area (Å²) in [6, 6.07) is 0. The molecule has 0 aliphatic carbocycles. The highest BCUT2D eigenvalue weighted by Gasteiger charge is 1.81. The minimum Gasteiger partial charge on any atom is -0.389 e. The first-order chi connectivity index (χ1) is 2.27. The molecule has 2 unspecified atom stereocenters. The number of aliphatic hydroxyl groups is 1. The summed E-state index contributed by atoms with van der Waals surface area (Å²) < 4.78 is 0. The lowest BCUT2D eigenvalue weighted by Gasteiger charge is -1.90. The number of aliphatic hydroxyl groups excluding tert-OH is 1. The van der Waals surface area contributed by atoms with Crippen LogP contribution in [0.3, 0.4) is 0 Å². The van der Waals surface area contributed by atoms with Gasteiger partial charge in [-0.3, -0.25) is 0 Å². The molecule has 0 fully saturated rings. The molecule has 5 heavy (non-hydrogen) atoms. The third-order valence-electron chi connectivity index (χ3n) is 0.418. The van der Waals surface area contributed by atoms with Crippen LogP contribution < -0.4 is 0 Å². The molecular formula is C3H9OP. The molecule has 32 valence electrons. The lowest BCUT2D eigenvalue weighted by molar-refractivity contribution is 0.258. The quantitative estimate of drug-likeness (QED) is 0.469. The van der Waals surface area contributed by atoms with Crippen LogP contribution in [0.1, 0.15) is 13.3 Å². The highest BCUT2D eigenvalue weighted by atomic mass is 31.0. The van der Waals surface area contributed by atoms with E-state index in [9.17, 15) is 0 Å². The van der Waals surface area contributed by atoms with Crippen LogP contribution in [0.2, 0.25) is 0 Å². The summed E-state index contributed by atoms with van der Waals surface area (Å²) in [7, 11) is 2.29. The van der Waals surface area contributed by atoms with E-state index in [4.69, 9.17) is 5.11 Å². The minimum absolute atomic E-state index is 0.199. The molecule has 0 heterocycles. The van der Waals surface area contributed by atoms with Crippen LogP contribution in [0.25, 0.3) is 0 Å². The average Bonchev–Trinajstić information content (AvgIpc) is 1.38. The van der Waals surface area contributed by atoms with Crippen molar-refractivity contribution in [1.82, 2.24) is 0 Å². The van der Waals surface area contributed by atoms with Crippen LogP contribution in [0.5, 0.6) is 0 Å². The highest BCUT2D eigenvalue weighted by Crippen LogP contribution is 1.95. The topological polar surface area (TPSA) is 20.2 Å². The van der Waals surface area contributed by atoms with Crippen molar-refractivity contribution in [2.45, 2.75) is 19.2 Å². The van der Waals surface area contributed by atoms with Gasteiger partial charge in [0.25, 0.3) is 0 Å². The standard InChI is InChI=1S/C3H9OP/c1-2-3(4)5/h3-4H,2,5H2,1H3. The molecule has 2 atom stereocenters. The zero-order chi connectivity index (χ0) is 4.28. The Hall–Kier alpha value is 0.390. The molecule has 0 radical (unpaired) electrons. The summed E-state index contributed by atoms with van der Waals surface area (Å²) >= 11 is 0. The van der Waals surface area contributed by atoms with Crippen LogP contribution in [0.4, 0.5) is 0 Å². The minimum atomic E-state index is -0.199. The molecule has 0 rings (SSSR count). The van der Waals surface area contributed by atoms with Crippen molar-refractivity contribution in [2.75, 3.05) is 0 Å². The van der Waals surface area contributed by atoms with E-state index in [-0.39, 0.29) is 5.85 Å². The Balaban J connectivity index is 2.54. The Morgan fingerprint density at radius 2 is 2.20 bits per heavy atom. The molecule has 0 spiro atoms. The molecule has 0 aliphatic rings. The first-order valence-electron chi connectivity index (χ1n) is 1.71. The fraction of sp³-hybridized carbons (Fsp3) is 1.00. The smallest absolute Gasteiger partial charge is 0.0671 e. The van der Waals surface area contributed by atoms with Gasteiger partial charge in [0.2, 0.25) is 0 Å². The summed E-state index contributed by atoms with van der Waals surface area (Å²) in [6.45, 7) is 1.93. The fourth-order valence-corrected chi connectivity index (χ4v) is 0. The number of hydrogen-bond donors (Lipinski definition) is 1. The monoisotopic (exact) mass is 92.0 g/mol. The van der Waals surface area contributed by atoms with E-state index in [1.165, 1.54) is 0 Å². The Kier molecular flexibility index (Phi) is 2.82. The van der Waals surface area contributed by atoms with E-state index >= 15 is 0 Å². The predicted molar refractivity (Wildman–Crippen MR) is 26.0 cm³/mol. The Morgan fingerprint density at radius 3 is 2.20 bits per heavy atom. The van der Waals surface area contributed by atoms with Crippen molar-refractivity contribution >= 4 is 9.24 Å². The maximum absolute atomic E-state index is 8.32. The molecule has 0 aromatic heterocycles. The van der Waals surface area contributed by atoms with Crippen molar-refractivity contribution in [3.05, 3.63) is 0 Å². The summed E-state index contributed by atoms with van der Waals surface area (Å²) in [5, 5.41) is 8.32. The van der Waals surface area contributed by atoms with Gasteiger partial charge in [0.05, 0.1) is 5.85 Å². The zero-order valence-electron chi connectivity index (χ0n) is 3.31. The van der Waals surface area contributed by atoms with E-state index in [0.717, 1.165) is 6.42 Å². The third kappa shape index (κ3) is 4.39. The molecule has 0 aliphatic heterocycles. The van der Waals surface area contributed by atoms with Gasteiger partial charge >= 0.3 is 0 Å². The van der Waals surface area contributed by atoms with E-state index in [2.05, 4.69) is 9.24 Å². The van der Waals surface area contributed by atoms with Crippen LogP contribution in [0.15, 0.2) is 0 Å². The van der Waals surface area contributed by atoms with Gasteiger partial charge in [-0.25, -0.2) is 0 Å². The Morgan fingerprint density at radius 1 is 2.00 bits per heavy atom. The molecule has 2 heteroatoms. The zero-order valence-corrected chi connectivity index (χ0v) is 4.46. The maximum Gasteiger partial charge on any atom is 0.0671 e. The van der Waals surface area contributed by atoms with E-state index < -0.39 is 0 Å². The van der Waals surface area contributed by atoms with Crippen molar-refractivity contribution in [3.63, 3.8) is 0 Å². The molecule has 0 aromatic carbocycles. The molecular weight excluding hydrogens is 83.0 g/mol. The Bertz CT molecular complexity index is 20.9. The van der Waals surface area contributed by atoms with E-state index in [0.29, 0.717) is 0 Å². The molecule has 0 saturated heterocycles. The van der Waals surface area contributed by atoms with Gasteiger partial charge in [-0.1, -0.05) is 6.92 Å². The number of hydrogen-bond acceptors (Lipinski definition) is 1. The van der Waals surface area contributed by atoms with Gasteiger partial charge < -0.3 is 5.11 Å². The Labute approximate surface area is 34.6 Å². The SMILES string of the molecule is CCC(O)P. The van der Waals surface area contributed by atoms with Crippen molar-refractivity contribution < 1.29 is 5.11 Å². The van der Waals surface area contributed by atoms with Gasteiger partial charge in [-0.05, 0) is 6.42 Å². The van der Waals surface area contributed by atoms with E-state index in [1.807, 2.05) is 6.92 Å². The summed E-state index contributed by atoms with van der Waals surface area (Å²) in [4.78, 5) is 0. The van der Waals surface area contributed by atoms with Crippen LogP contribution in [-0.4, -0.2) is 11.0 Å². The maximum atomic E-state index is 8.32. The van der Waals surface area contributed by atoms with Gasteiger partial charge in [0, 0.05) is 0 Å². The predicted octanol–water partition coefficient (Wildman–Crippen LogP) is 0.590. The first kappa shape index (κ1) is 5.39. The van der Waals surface area contributed by atoms with Gasteiger partial charge in [-0.2, -0.15) is 0 Å².